The molecule has 0 atom stereocenters. The number of hydrogen-bond donors (Lipinski definition) is 1. The van der Waals surface area contributed by atoms with Crippen LogP contribution in [0.4, 0.5) is 37.7 Å². The van der Waals surface area contributed by atoms with Gasteiger partial charge in [-0.05, 0) is 41.5 Å². The first-order chi connectivity index (χ1) is 15.2. The van der Waals surface area contributed by atoms with Crippen LogP contribution in [0.2, 0.25) is 0 Å². The fourth-order valence-electron chi connectivity index (χ4n) is 2.61. The molecule has 0 aliphatic heterocycles. The average Bonchev–Trinajstić information content (AvgIpc) is 2.75. The van der Waals surface area contributed by atoms with Crippen molar-refractivity contribution in [2.24, 2.45) is 0 Å². The van der Waals surface area contributed by atoms with Crippen molar-refractivity contribution in [3.63, 3.8) is 0 Å². The van der Waals surface area contributed by atoms with Crippen molar-refractivity contribution in [2.45, 2.75) is 12.4 Å². The van der Waals surface area contributed by atoms with Gasteiger partial charge in [0.1, 0.15) is 5.75 Å². The molecule has 2 rings (SSSR count). The summed E-state index contributed by atoms with van der Waals surface area (Å²) in [6.07, 6.45) is -7.26. The number of benzene rings is 2. The zero-order chi connectivity index (χ0) is 25.0. The van der Waals surface area contributed by atoms with E-state index in [0.29, 0.717) is 21.8 Å². The summed E-state index contributed by atoms with van der Waals surface area (Å²) in [6.45, 7) is 3.82. The molecule has 2 aromatic carbocycles. The second kappa shape index (κ2) is 9.80. The maximum atomic E-state index is 12.6. The van der Waals surface area contributed by atoms with E-state index in [1.807, 2.05) is 0 Å². The summed E-state index contributed by atoms with van der Waals surface area (Å²) in [5.41, 5.74) is 0.918. The summed E-state index contributed by atoms with van der Waals surface area (Å²) in [6, 6.07) is 9.45. The number of allylic oxidation sites excluding steroid dienone is 2. The lowest BCUT2D eigenvalue weighted by Crippen LogP contribution is -2.38. The number of carbonyl (C=O) groups excluding carboxylic acids is 2. The van der Waals surface area contributed by atoms with Crippen molar-refractivity contribution >= 4 is 34.8 Å². The van der Waals surface area contributed by atoms with Gasteiger partial charge in [0.15, 0.2) is 0 Å². The third-order valence-corrected chi connectivity index (χ3v) is 4.40. The average molecular weight is 472 g/mol. The molecule has 33 heavy (non-hydrogen) atoms. The summed E-state index contributed by atoms with van der Waals surface area (Å²) in [5, 5.41) is 1.78. The van der Waals surface area contributed by atoms with Crippen LogP contribution < -0.4 is 15.0 Å². The first-order valence-electron chi connectivity index (χ1n) is 9.12. The summed E-state index contributed by atoms with van der Waals surface area (Å²) in [7, 11) is 2.34. The highest BCUT2D eigenvalue weighted by Crippen LogP contribution is 2.28. The Bertz CT molecular complexity index is 1070. The minimum absolute atomic E-state index is 0.00259. The van der Waals surface area contributed by atoms with Gasteiger partial charge in [0.2, 0.25) is 0 Å². The highest BCUT2D eigenvalue weighted by Gasteiger charge is 2.41. The number of nitrogens with one attached hydrogen (secondary N) is 1. The summed E-state index contributed by atoms with van der Waals surface area (Å²) in [4.78, 5) is 23.1. The second-order valence-corrected chi connectivity index (χ2v) is 6.67. The van der Waals surface area contributed by atoms with E-state index in [2.05, 4.69) is 6.58 Å². The second-order valence-electron chi connectivity index (χ2n) is 6.67. The Morgan fingerprint density at radius 2 is 1.61 bits per heavy atom. The number of rotatable bonds is 6. The molecule has 0 radical (unpaired) electrons. The predicted octanol–water partition coefficient (Wildman–Crippen LogP) is 5.45. The van der Waals surface area contributed by atoms with Gasteiger partial charge in [0, 0.05) is 24.0 Å². The third-order valence-electron chi connectivity index (χ3n) is 4.40. The highest BCUT2D eigenvalue weighted by atomic mass is 19.4. The quantitative estimate of drug-likeness (QED) is 0.450. The van der Waals surface area contributed by atoms with Crippen molar-refractivity contribution in [3.8, 4) is 5.75 Å². The smallest absolute Gasteiger partial charge is 0.471 e. The van der Waals surface area contributed by atoms with Crippen LogP contribution in [0.1, 0.15) is 11.1 Å². The van der Waals surface area contributed by atoms with Gasteiger partial charge < -0.3 is 15.0 Å². The Morgan fingerprint density at radius 3 is 2.12 bits per heavy atom. The molecule has 0 fully saturated rings. The maximum absolute atomic E-state index is 12.6. The van der Waals surface area contributed by atoms with Gasteiger partial charge in [0.25, 0.3) is 0 Å². The van der Waals surface area contributed by atoms with Crippen LogP contribution in [0.5, 0.6) is 5.75 Å². The molecule has 1 N–H and O–H groups in total. The molecule has 11 heteroatoms. The molecule has 0 bridgehead atoms. The van der Waals surface area contributed by atoms with E-state index in [4.69, 9.17) is 4.74 Å². The van der Waals surface area contributed by atoms with Crippen molar-refractivity contribution in [1.82, 2.24) is 0 Å². The summed E-state index contributed by atoms with van der Waals surface area (Å²) in [5.74, 6) is -3.85. The van der Waals surface area contributed by atoms with Crippen molar-refractivity contribution < 1.29 is 40.7 Å². The van der Waals surface area contributed by atoms with E-state index in [0.717, 1.165) is 7.05 Å². The molecule has 2 aromatic rings. The van der Waals surface area contributed by atoms with Gasteiger partial charge in [-0.3, -0.25) is 9.59 Å². The Balaban J connectivity index is 2.24. The number of ether oxygens (including phenoxy) is 1. The Hall–Kier alpha value is -3.76. The van der Waals surface area contributed by atoms with Gasteiger partial charge in [0.05, 0.1) is 7.11 Å². The Labute approximate surface area is 184 Å². The van der Waals surface area contributed by atoms with Crippen molar-refractivity contribution in [2.75, 3.05) is 24.4 Å². The molecule has 0 aromatic heterocycles. The molecular weight excluding hydrogens is 454 g/mol. The largest absolute Gasteiger partial charge is 0.497 e. The predicted molar refractivity (Wildman–Crippen MR) is 112 cm³/mol. The zero-order valence-corrected chi connectivity index (χ0v) is 17.3. The topological polar surface area (TPSA) is 58.6 Å². The first-order valence-corrected chi connectivity index (χ1v) is 9.12. The van der Waals surface area contributed by atoms with E-state index in [1.54, 1.807) is 5.32 Å². The molecule has 176 valence electrons. The third kappa shape index (κ3) is 6.61. The van der Waals surface area contributed by atoms with Gasteiger partial charge in [-0.2, -0.15) is 26.3 Å². The lowest BCUT2D eigenvalue weighted by molar-refractivity contribution is -0.170. The summed E-state index contributed by atoms with van der Waals surface area (Å²) >= 11 is 0. The van der Waals surface area contributed by atoms with E-state index in [9.17, 15) is 35.9 Å². The van der Waals surface area contributed by atoms with Crippen molar-refractivity contribution in [1.29, 1.82) is 0 Å². The first kappa shape index (κ1) is 25.5. The molecule has 5 nitrogen and oxygen atoms in total. The molecule has 0 aliphatic carbocycles. The minimum atomic E-state index is -5.08. The van der Waals surface area contributed by atoms with Crippen LogP contribution >= 0.6 is 0 Å². The molecule has 0 aliphatic rings. The number of carbonyl (C=O) groups is 2. The number of amides is 2. The summed E-state index contributed by atoms with van der Waals surface area (Å²) < 4.78 is 80.6. The SMILES string of the molecule is C=C(/C=C\c1cc(OC)ccc1NC(=O)C(F)(F)F)c1ccc(N(C)C(=O)C(F)(F)F)cc1. The number of alkyl halides is 6. The van der Waals surface area contributed by atoms with Crippen LogP contribution in [0, 0.1) is 0 Å². The van der Waals surface area contributed by atoms with Crippen LogP contribution in [0.15, 0.2) is 55.1 Å². The van der Waals surface area contributed by atoms with Gasteiger partial charge in [-0.1, -0.05) is 30.9 Å². The number of nitrogens with zero attached hydrogens (tertiary/aromatic N) is 1. The lowest BCUT2D eigenvalue weighted by Gasteiger charge is -2.19. The molecule has 0 heterocycles. The van der Waals surface area contributed by atoms with Gasteiger partial charge in [-0.25, -0.2) is 0 Å². The van der Waals surface area contributed by atoms with Crippen molar-refractivity contribution in [3.05, 3.63) is 66.2 Å². The van der Waals surface area contributed by atoms with Crippen LogP contribution in [-0.4, -0.2) is 38.3 Å². The van der Waals surface area contributed by atoms with Gasteiger partial charge in [-0.15, -0.1) is 0 Å². The number of halogens is 6. The fourth-order valence-corrected chi connectivity index (χ4v) is 2.61. The lowest BCUT2D eigenvalue weighted by atomic mass is 10.0. The number of anilines is 2. The zero-order valence-electron chi connectivity index (χ0n) is 17.3. The van der Waals surface area contributed by atoms with Crippen LogP contribution in [-0.2, 0) is 9.59 Å². The number of methoxy groups -OCH3 is 1. The van der Waals surface area contributed by atoms with E-state index in [-0.39, 0.29) is 16.9 Å². The van der Waals surface area contributed by atoms with E-state index < -0.39 is 24.2 Å². The molecule has 0 spiro atoms. The Kier molecular flexibility index (Phi) is 7.57. The molecule has 2 amide bonds. The van der Waals surface area contributed by atoms with Crippen LogP contribution in [0.25, 0.3) is 11.6 Å². The molecule has 0 saturated heterocycles. The monoisotopic (exact) mass is 472 g/mol. The highest BCUT2D eigenvalue weighted by molar-refractivity contribution is 5.98. The minimum Gasteiger partial charge on any atom is -0.497 e. The molecular formula is C22H18F6N2O3. The van der Waals surface area contributed by atoms with E-state index in [1.165, 1.54) is 61.7 Å². The normalized spacial score (nSPS) is 11.9. The fraction of sp³-hybridized carbons (Fsp3) is 0.182. The van der Waals surface area contributed by atoms with Crippen LogP contribution in [0.3, 0.4) is 0 Å². The molecule has 0 saturated carbocycles. The van der Waals surface area contributed by atoms with E-state index >= 15 is 0 Å². The Morgan fingerprint density at radius 1 is 1.00 bits per heavy atom. The molecule has 0 unspecified atom stereocenters. The maximum Gasteiger partial charge on any atom is 0.471 e. The van der Waals surface area contributed by atoms with Gasteiger partial charge >= 0.3 is 24.2 Å². The number of hydrogen-bond acceptors (Lipinski definition) is 3. The standard InChI is InChI=1S/C22H18F6N2O3/c1-13(14-6-8-16(9-7-14)30(2)20(32)22(26,27)28)4-5-15-12-17(33-3)10-11-18(15)29-19(31)21(23,24)25/h4-12H,1H2,2-3H3,(H,29,31)/b5-4-.